The van der Waals surface area contributed by atoms with Crippen LogP contribution in [0.4, 0.5) is 0 Å². The van der Waals surface area contributed by atoms with Gasteiger partial charge in [0.25, 0.3) is 0 Å². The molecule has 2 fully saturated rings. The maximum absolute atomic E-state index is 10.8. The Morgan fingerprint density at radius 2 is 1.87 bits per heavy atom. The van der Waals surface area contributed by atoms with Gasteiger partial charge in [-0.25, -0.2) is 0 Å². The van der Waals surface area contributed by atoms with Gasteiger partial charge in [0.2, 0.25) is 0 Å². The average molecular weight is 211 g/mol. The molecule has 0 heterocycles. The second-order valence-electron chi connectivity index (χ2n) is 5.74. The standard InChI is InChI=1S/C13H25NO/c1-10(2)14-12-8-5-7-11-6-3-4-9-13(11,12)15/h10-12,14-15H,3-9H2,1-2H3/t11-,12-,13-/m1/s1. The topological polar surface area (TPSA) is 32.3 Å². The Hall–Kier alpha value is -0.0800. The first kappa shape index (κ1) is 11.4. The molecule has 0 aliphatic heterocycles. The van der Waals surface area contributed by atoms with Crippen molar-refractivity contribution in [1.29, 1.82) is 0 Å². The highest BCUT2D eigenvalue weighted by Gasteiger charge is 2.47. The molecule has 0 aromatic heterocycles. The van der Waals surface area contributed by atoms with E-state index in [2.05, 4.69) is 19.2 Å². The smallest absolute Gasteiger partial charge is 0.0828 e. The molecule has 0 unspecified atom stereocenters. The van der Waals surface area contributed by atoms with Gasteiger partial charge in [-0.05, 0) is 31.6 Å². The monoisotopic (exact) mass is 211 g/mol. The van der Waals surface area contributed by atoms with Crippen LogP contribution in [0, 0.1) is 5.92 Å². The third kappa shape index (κ3) is 2.21. The molecule has 0 aromatic carbocycles. The first-order valence-corrected chi connectivity index (χ1v) is 6.61. The molecule has 2 aliphatic rings. The minimum Gasteiger partial charge on any atom is -0.388 e. The lowest BCUT2D eigenvalue weighted by atomic mass is 9.65. The first-order valence-electron chi connectivity index (χ1n) is 6.61. The second-order valence-corrected chi connectivity index (χ2v) is 5.74. The molecule has 0 saturated heterocycles. The molecular weight excluding hydrogens is 186 g/mol. The molecule has 2 saturated carbocycles. The fourth-order valence-electron chi connectivity index (χ4n) is 3.55. The van der Waals surface area contributed by atoms with Crippen molar-refractivity contribution in [2.75, 3.05) is 0 Å². The third-order valence-corrected chi connectivity index (χ3v) is 4.27. The van der Waals surface area contributed by atoms with Gasteiger partial charge in [-0.2, -0.15) is 0 Å². The Labute approximate surface area is 93.5 Å². The van der Waals surface area contributed by atoms with E-state index in [9.17, 15) is 5.11 Å². The van der Waals surface area contributed by atoms with Gasteiger partial charge in [0.05, 0.1) is 5.60 Å². The fourth-order valence-corrected chi connectivity index (χ4v) is 3.55. The summed E-state index contributed by atoms with van der Waals surface area (Å²) < 4.78 is 0. The average Bonchev–Trinajstić information content (AvgIpc) is 2.18. The van der Waals surface area contributed by atoms with Gasteiger partial charge in [-0.15, -0.1) is 0 Å². The van der Waals surface area contributed by atoms with Crippen molar-refractivity contribution in [1.82, 2.24) is 5.32 Å². The Morgan fingerprint density at radius 3 is 2.60 bits per heavy atom. The van der Waals surface area contributed by atoms with Gasteiger partial charge < -0.3 is 10.4 Å². The van der Waals surface area contributed by atoms with Gasteiger partial charge in [0.1, 0.15) is 0 Å². The predicted molar refractivity (Wildman–Crippen MR) is 62.8 cm³/mol. The van der Waals surface area contributed by atoms with Gasteiger partial charge in [0, 0.05) is 12.1 Å². The van der Waals surface area contributed by atoms with Gasteiger partial charge in [0.15, 0.2) is 0 Å². The summed E-state index contributed by atoms with van der Waals surface area (Å²) in [7, 11) is 0. The molecule has 15 heavy (non-hydrogen) atoms. The van der Waals surface area contributed by atoms with E-state index in [4.69, 9.17) is 0 Å². The van der Waals surface area contributed by atoms with Crippen molar-refractivity contribution < 1.29 is 5.11 Å². The summed E-state index contributed by atoms with van der Waals surface area (Å²) in [6, 6.07) is 0.830. The zero-order chi connectivity index (χ0) is 10.9. The predicted octanol–water partition coefficient (Wildman–Crippen LogP) is 2.46. The Kier molecular flexibility index (Phi) is 3.36. The Balaban J connectivity index is 2.08. The first-order chi connectivity index (χ1) is 7.13. The summed E-state index contributed by atoms with van der Waals surface area (Å²) in [5.74, 6) is 0.566. The summed E-state index contributed by atoms with van der Waals surface area (Å²) in [4.78, 5) is 0. The van der Waals surface area contributed by atoms with Crippen LogP contribution in [0.3, 0.4) is 0 Å². The van der Waals surface area contributed by atoms with Crippen molar-refractivity contribution in [3.63, 3.8) is 0 Å². The lowest BCUT2D eigenvalue weighted by molar-refractivity contribution is -0.100. The summed E-state index contributed by atoms with van der Waals surface area (Å²) in [5.41, 5.74) is -0.388. The van der Waals surface area contributed by atoms with E-state index in [1.165, 1.54) is 32.1 Å². The van der Waals surface area contributed by atoms with Crippen LogP contribution < -0.4 is 5.32 Å². The van der Waals surface area contributed by atoms with E-state index in [1.807, 2.05) is 0 Å². The van der Waals surface area contributed by atoms with Crippen LogP contribution >= 0.6 is 0 Å². The quantitative estimate of drug-likeness (QED) is 0.735. The SMILES string of the molecule is CC(C)N[C@@H]1CCC[C@H]2CCCC[C@@]21O. The molecule has 88 valence electrons. The van der Waals surface area contributed by atoms with E-state index in [0.717, 1.165) is 12.8 Å². The van der Waals surface area contributed by atoms with Crippen LogP contribution in [0.15, 0.2) is 0 Å². The third-order valence-electron chi connectivity index (χ3n) is 4.27. The fraction of sp³-hybridized carbons (Fsp3) is 1.00. The number of fused-ring (bicyclic) bond motifs is 1. The Morgan fingerprint density at radius 1 is 1.13 bits per heavy atom. The van der Waals surface area contributed by atoms with Crippen LogP contribution in [0.2, 0.25) is 0 Å². The lowest BCUT2D eigenvalue weighted by Gasteiger charge is -2.49. The van der Waals surface area contributed by atoms with Crippen LogP contribution in [0.25, 0.3) is 0 Å². The van der Waals surface area contributed by atoms with E-state index in [0.29, 0.717) is 18.0 Å². The van der Waals surface area contributed by atoms with E-state index < -0.39 is 0 Å². The normalized spacial score (nSPS) is 41.6. The van der Waals surface area contributed by atoms with Crippen LogP contribution in [0.1, 0.15) is 58.8 Å². The van der Waals surface area contributed by atoms with Gasteiger partial charge in [-0.3, -0.25) is 0 Å². The molecule has 2 heteroatoms. The molecule has 0 aromatic rings. The van der Waals surface area contributed by atoms with E-state index in [-0.39, 0.29) is 5.60 Å². The molecule has 2 N–H and O–H groups in total. The molecule has 2 aliphatic carbocycles. The highest BCUT2D eigenvalue weighted by atomic mass is 16.3. The molecule has 0 bridgehead atoms. The zero-order valence-corrected chi connectivity index (χ0v) is 10.1. The lowest BCUT2D eigenvalue weighted by Crippen LogP contribution is -2.60. The second kappa shape index (κ2) is 4.42. The number of hydrogen-bond acceptors (Lipinski definition) is 2. The maximum Gasteiger partial charge on any atom is 0.0828 e. The van der Waals surface area contributed by atoms with Gasteiger partial charge in [-0.1, -0.05) is 33.1 Å². The maximum atomic E-state index is 10.8. The molecular formula is C13H25NO. The van der Waals surface area contributed by atoms with Crippen molar-refractivity contribution in [2.24, 2.45) is 5.92 Å². The van der Waals surface area contributed by atoms with Crippen LogP contribution in [-0.2, 0) is 0 Å². The molecule has 0 spiro atoms. The number of rotatable bonds is 2. The van der Waals surface area contributed by atoms with Gasteiger partial charge >= 0.3 is 0 Å². The summed E-state index contributed by atoms with van der Waals surface area (Å²) in [5, 5.41) is 14.4. The van der Waals surface area contributed by atoms with Crippen molar-refractivity contribution in [3.8, 4) is 0 Å². The molecule has 2 rings (SSSR count). The highest BCUT2D eigenvalue weighted by molar-refractivity contribution is 5.02. The number of nitrogens with one attached hydrogen (secondary N) is 1. The van der Waals surface area contributed by atoms with Crippen LogP contribution in [0.5, 0.6) is 0 Å². The van der Waals surface area contributed by atoms with E-state index in [1.54, 1.807) is 0 Å². The van der Waals surface area contributed by atoms with Crippen molar-refractivity contribution >= 4 is 0 Å². The Bertz CT molecular complexity index is 215. The molecule has 0 radical (unpaired) electrons. The minimum absolute atomic E-state index is 0.344. The molecule has 0 amide bonds. The number of aliphatic hydroxyl groups is 1. The summed E-state index contributed by atoms with van der Waals surface area (Å²) >= 11 is 0. The van der Waals surface area contributed by atoms with E-state index >= 15 is 0 Å². The molecule has 2 nitrogen and oxygen atoms in total. The van der Waals surface area contributed by atoms with Crippen LogP contribution in [-0.4, -0.2) is 22.8 Å². The summed E-state index contributed by atoms with van der Waals surface area (Å²) in [6.07, 6.45) is 8.48. The van der Waals surface area contributed by atoms with Crippen molar-refractivity contribution in [2.45, 2.75) is 76.5 Å². The minimum atomic E-state index is -0.388. The largest absolute Gasteiger partial charge is 0.388 e. The highest BCUT2D eigenvalue weighted by Crippen LogP contribution is 2.43. The zero-order valence-electron chi connectivity index (χ0n) is 10.1. The number of hydrogen-bond donors (Lipinski definition) is 2. The van der Waals surface area contributed by atoms with Crippen molar-refractivity contribution in [3.05, 3.63) is 0 Å². The summed E-state index contributed by atoms with van der Waals surface area (Å²) in [6.45, 7) is 4.35. The molecule has 3 atom stereocenters.